The predicted molar refractivity (Wildman–Crippen MR) is 79.0 cm³/mol. The highest BCUT2D eigenvalue weighted by Crippen LogP contribution is 2.25. The van der Waals surface area contributed by atoms with E-state index < -0.39 is 0 Å². The summed E-state index contributed by atoms with van der Waals surface area (Å²) >= 11 is 11.2. The van der Waals surface area contributed by atoms with Gasteiger partial charge < -0.3 is 5.73 Å². The monoisotopic (exact) mass is 292 g/mol. The molecule has 0 aromatic carbocycles. The van der Waals surface area contributed by atoms with Crippen LogP contribution < -0.4 is 5.73 Å². The number of halogens is 1. The van der Waals surface area contributed by atoms with Gasteiger partial charge in [-0.2, -0.15) is 5.10 Å². The third-order valence-electron chi connectivity index (χ3n) is 3.35. The summed E-state index contributed by atoms with van der Waals surface area (Å²) in [5.74, 6) is 0.670. The second kappa shape index (κ2) is 4.58. The second-order valence-corrected chi connectivity index (χ2v) is 5.54. The molecule has 0 unspecified atom stereocenters. The summed E-state index contributed by atoms with van der Waals surface area (Å²) in [4.78, 5) is 5.01. The lowest BCUT2D eigenvalue weighted by Crippen LogP contribution is -2.16. The van der Waals surface area contributed by atoms with E-state index in [0.717, 1.165) is 36.2 Å². The molecular weight excluding hydrogens is 280 g/mol. The Morgan fingerprint density at radius 1 is 1.47 bits per heavy atom. The highest BCUT2D eigenvalue weighted by atomic mass is 35.5. The Balaban J connectivity index is 2.21. The number of aryl methyl sites for hydroxylation is 3. The van der Waals surface area contributed by atoms with Crippen molar-refractivity contribution < 1.29 is 0 Å². The molecule has 0 amide bonds. The number of nitrogens with two attached hydrogens (primary N) is 1. The minimum atomic E-state index is 0.335. The lowest BCUT2D eigenvalue weighted by molar-refractivity contribution is 0.817. The number of pyridine rings is 1. The van der Waals surface area contributed by atoms with Crippen LogP contribution in [0.15, 0.2) is 12.3 Å². The van der Waals surface area contributed by atoms with Gasteiger partial charge in [-0.1, -0.05) is 23.8 Å². The molecule has 0 radical (unpaired) electrons. The number of rotatable bonds is 2. The molecule has 0 bridgehead atoms. The van der Waals surface area contributed by atoms with Crippen LogP contribution in [0.2, 0.25) is 5.02 Å². The van der Waals surface area contributed by atoms with E-state index in [9.17, 15) is 0 Å². The molecule has 0 atom stereocenters. The maximum absolute atomic E-state index is 6.05. The van der Waals surface area contributed by atoms with E-state index in [1.807, 2.05) is 13.0 Å². The van der Waals surface area contributed by atoms with Gasteiger partial charge >= 0.3 is 0 Å². The van der Waals surface area contributed by atoms with Crippen molar-refractivity contribution in [3.8, 4) is 5.82 Å². The van der Waals surface area contributed by atoms with Crippen molar-refractivity contribution in [2.45, 2.75) is 26.2 Å². The van der Waals surface area contributed by atoms with E-state index in [1.165, 1.54) is 5.56 Å². The van der Waals surface area contributed by atoms with Crippen LogP contribution in [0.4, 0.5) is 0 Å². The van der Waals surface area contributed by atoms with Gasteiger partial charge in [0.1, 0.15) is 4.99 Å². The zero-order valence-corrected chi connectivity index (χ0v) is 12.1. The molecule has 2 aromatic heterocycles. The third-order valence-corrected chi connectivity index (χ3v) is 3.94. The molecule has 0 saturated heterocycles. The maximum atomic E-state index is 6.05. The molecule has 6 heteroatoms. The molecule has 0 saturated carbocycles. The van der Waals surface area contributed by atoms with E-state index >= 15 is 0 Å². The van der Waals surface area contributed by atoms with Crippen LogP contribution in [-0.4, -0.2) is 19.8 Å². The first-order valence-electron chi connectivity index (χ1n) is 6.11. The van der Waals surface area contributed by atoms with Crippen molar-refractivity contribution in [2.75, 3.05) is 0 Å². The summed E-state index contributed by atoms with van der Waals surface area (Å²) in [6, 6.07) is 2.04. The molecule has 0 spiro atoms. The smallest absolute Gasteiger partial charge is 0.163 e. The first kappa shape index (κ1) is 12.6. The van der Waals surface area contributed by atoms with Crippen molar-refractivity contribution in [1.82, 2.24) is 14.8 Å². The lowest BCUT2D eigenvalue weighted by atomic mass is 10.1. The summed E-state index contributed by atoms with van der Waals surface area (Å²) in [6.45, 7) is 1.85. The normalized spacial score (nSPS) is 13.6. The Kier molecular flexibility index (Phi) is 3.03. The first-order chi connectivity index (χ1) is 9.06. The van der Waals surface area contributed by atoms with Crippen molar-refractivity contribution in [2.24, 2.45) is 5.73 Å². The Bertz CT molecular complexity index is 658. The molecule has 1 aliphatic rings. The van der Waals surface area contributed by atoms with E-state index in [0.29, 0.717) is 15.8 Å². The molecule has 2 heterocycles. The van der Waals surface area contributed by atoms with Crippen molar-refractivity contribution in [1.29, 1.82) is 0 Å². The van der Waals surface area contributed by atoms with Gasteiger partial charge in [-0.25, -0.2) is 9.67 Å². The quantitative estimate of drug-likeness (QED) is 0.863. The molecule has 3 rings (SSSR count). The third kappa shape index (κ3) is 2.13. The maximum Gasteiger partial charge on any atom is 0.163 e. The Labute approximate surface area is 121 Å². The van der Waals surface area contributed by atoms with Crippen LogP contribution in [0.1, 0.15) is 28.9 Å². The summed E-state index contributed by atoms with van der Waals surface area (Å²) in [6.07, 6.45) is 4.90. The number of aromatic nitrogens is 3. The zero-order valence-electron chi connectivity index (χ0n) is 10.5. The van der Waals surface area contributed by atoms with E-state index in [-0.39, 0.29) is 0 Å². The standard InChI is InChI=1S/C13H13ClN4S/c1-7-10(14)6-18(17-7)13-9(12(15)19)5-8-3-2-4-11(8)16-13/h5-6H,2-4H2,1H3,(H2,15,19). The Morgan fingerprint density at radius 2 is 2.26 bits per heavy atom. The summed E-state index contributed by atoms with van der Waals surface area (Å²) in [5.41, 5.74) is 9.68. The highest BCUT2D eigenvalue weighted by Gasteiger charge is 2.19. The lowest BCUT2D eigenvalue weighted by Gasteiger charge is -2.10. The van der Waals surface area contributed by atoms with E-state index in [1.54, 1.807) is 10.9 Å². The Hall–Kier alpha value is -1.46. The van der Waals surface area contributed by atoms with Gasteiger partial charge in [-0.15, -0.1) is 0 Å². The average molecular weight is 293 g/mol. The first-order valence-corrected chi connectivity index (χ1v) is 6.89. The average Bonchev–Trinajstić information content (AvgIpc) is 2.94. The van der Waals surface area contributed by atoms with Gasteiger partial charge in [0.2, 0.25) is 0 Å². The number of nitrogens with zero attached hydrogens (tertiary/aromatic N) is 3. The molecule has 2 aromatic rings. The molecule has 4 nitrogen and oxygen atoms in total. The largest absolute Gasteiger partial charge is 0.389 e. The predicted octanol–water partition coefficient (Wildman–Crippen LogP) is 2.35. The van der Waals surface area contributed by atoms with Crippen LogP contribution in [0.3, 0.4) is 0 Å². The van der Waals surface area contributed by atoms with E-state index in [4.69, 9.17) is 29.6 Å². The molecule has 0 fully saturated rings. The summed E-state index contributed by atoms with van der Waals surface area (Å²) < 4.78 is 1.66. The second-order valence-electron chi connectivity index (χ2n) is 4.69. The summed E-state index contributed by atoms with van der Waals surface area (Å²) in [5, 5.41) is 4.96. The minimum Gasteiger partial charge on any atom is -0.389 e. The molecular formula is C13H13ClN4S. The van der Waals surface area contributed by atoms with Gasteiger partial charge in [0, 0.05) is 5.69 Å². The van der Waals surface area contributed by atoms with Crippen molar-refractivity contribution in [3.63, 3.8) is 0 Å². The number of fused-ring (bicyclic) bond motifs is 1. The number of hydrogen-bond donors (Lipinski definition) is 1. The molecule has 0 aliphatic heterocycles. The fourth-order valence-corrected chi connectivity index (χ4v) is 2.65. The number of hydrogen-bond acceptors (Lipinski definition) is 3. The minimum absolute atomic E-state index is 0.335. The van der Waals surface area contributed by atoms with Crippen LogP contribution in [-0.2, 0) is 12.8 Å². The molecule has 2 N–H and O–H groups in total. The fraction of sp³-hybridized carbons (Fsp3) is 0.308. The van der Waals surface area contributed by atoms with Crippen molar-refractivity contribution >= 4 is 28.8 Å². The van der Waals surface area contributed by atoms with Gasteiger partial charge in [0.15, 0.2) is 5.82 Å². The highest BCUT2D eigenvalue weighted by molar-refractivity contribution is 7.80. The van der Waals surface area contributed by atoms with Crippen LogP contribution >= 0.6 is 23.8 Å². The van der Waals surface area contributed by atoms with Gasteiger partial charge in [-0.3, -0.25) is 0 Å². The van der Waals surface area contributed by atoms with Crippen LogP contribution in [0.5, 0.6) is 0 Å². The zero-order chi connectivity index (χ0) is 13.6. The number of thiocarbonyl (C=S) groups is 1. The Morgan fingerprint density at radius 3 is 2.89 bits per heavy atom. The fourth-order valence-electron chi connectivity index (χ4n) is 2.36. The van der Waals surface area contributed by atoms with Gasteiger partial charge in [0.25, 0.3) is 0 Å². The van der Waals surface area contributed by atoms with Crippen LogP contribution in [0.25, 0.3) is 5.82 Å². The van der Waals surface area contributed by atoms with Crippen LogP contribution in [0, 0.1) is 6.92 Å². The van der Waals surface area contributed by atoms with Gasteiger partial charge in [-0.05, 0) is 37.8 Å². The van der Waals surface area contributed by atoms with Crippen molar-refractivity contribution in [3.05, 3.63) is 39.8 Å². The molecule has 1 aliphatic carbocycles. The van der Waals surface area contributed by atoms with Gasteiger partial charge in [0.05, 0.1) is 22.5 Å². The van der Waals surface area contributed by atoms with E-state index in [2.05, 4.69) is 10.1 Å². The topological polar surface area (TPSA) is 56.7 Å². The SMILES string of the molecule is Cc1nn(-c2nc3c(cc2C(N)=S)CCC3)cc1Cl. The summed E-state index contributed by atoms with van der Waals surface area (Å²) in [7, 11) is 0. The molecule has 19 heavy (non-hydrogen) atoms. The molecule has 98 valence electrons.